The molecule has 0 spiro atoms. The molecule has 0 bridgehead atoms. The fraction of sp³-hybridized carbons (Fsp3) is 0.500. The molecule has 0 radical (unpaired) electrons. The van der Waals surface area contributed by atoms with Crippen LogP contribution in [0.5, 0.6) is 0 Å². The molecule has 0 fully saturated rings. The van der Waals surface area contributed by atoms with Gasteiger partial charge in [0.05, 0.1) is 5.54 Å². The van der Waals surface area contributed by atoms with Crippen LogP contribution in [0.4, 0.5) is 0 Å². The third-order valence-electron chi connectivity index (χ3n) is 2.22. The number of hydrogen-bond donors (Lipinski definition) is 0. The molecule has 1 heterocycles. The van der Waals surface area contributed by atoms with Gasteiger partial charge < -0.3 is 0 Å². The summed E-state index contributed by atoms with van der Waals surface area (Å²) in [5, 5.41) is 0. The smallest absolute Gasteiger partial charge is 0.168 e. The van der Waals surface area contributed by atoms with E-state index in [0.29, 0.717) is 0 Å². The Morgan fingerprint density at radius 3 is 2.21 bits per heavy atom. The van der Waals surface area contributed by atoms with Crippen LogP contribution in [-0.4, -0.2) is 9.48 Å². The molecule has 2 nitrogen and oxygen atoms in total. The summed E-state index contributed by atoms with van der Waals surface area (Å²) in [7, 11) is 0. The maximum atomic E-state index is 5.73. The molecular weight excluding hydrogens is 219 g/mol. The Kier molecular flexibility index (Phi) is 4.17. The van der Waals surface area contributed by atoms with E-state index >= 15 is 0 Å². The molecule has 0 atom stereocenters. The zero-order valence-electron chi connectivity index (χ0n) is 8.45. The van der Waals surface area contributed by atoms with E-state index in [1.54, 1.807) is 0 Å². The average Bonchev–Trinajstić information content (AvgIpc) is 2.16. The second-order valence-corrected chi connectivity index (χ2v) is 4.76. The molecule has 1 rings (SSSR count). The number of hydrogen-bond acceptors (Lipinski definition) is 1. The summed E-state index contributed by atoms with van der Waals surface area (Å²) in [6.45, 7) is 4.93. The summed E-state index contributed by atoms with van der Waals surface area (Å²) in [6.07, 6.45) is 4.96. The molecule has 0 aliphatic rings. The van der Waals surface area contributed by atoms with Gasteiger partial charge in [0.2, 0.25) is 0 Å². The SMILES string of the molecule is CC(C)(CC[n+]1ccccc1)N(Cl)Cl. The van der Waals surface area contributed by atoms with E-state index in [1.165, 1.54) is 3.94 Å². The van der Waals surface area contributed by atoms with E-state index in [9.17, 15) is 0 Å². The lowest BCUT2D eigenvalue weighted by Gasteiger charge is -2.25. The van der Waals surface area contributed by atoms with Gasteiger partial charge in [0.1, 0.15) is 6.54 Å². The summed E-state index contributed by atoms with van der Waals surface area (Å²) in [5.74, 6) is 0. The molecule has 1 aromatic rings. The van der Waals surface area contributed by atoms with Gasteiger partial charge in [0, 0.05) is 18.6 Å². The van der Waals surface area contributed by atoms with Gasteiger partial charge in [-0.3, -0.25) is 0 Å². The van der Waals surface area contributed by atoms with Gasteiger partial charge >= 0.3 is 0 Å². The van der Waals surface area contributed by atoms with Gasteiger partial charge in [-0.25, -0.2) is 4.57 Å². The maximum Gasteiger partial charge on any atom is 0.168 e. The highest BCUT2D eigenvalue weighted by atomic mass is 35.5. The Morgan fingerprint density at radius 1 is 1.14 bits per heavy atom. The van der Waals surface area contributed by atoms with E-state index in [-0.39, 0.29) is 5.54 Å². The number of aryl methyl sites for hydroxylation is 1. The van der Waals surface area contributed by atoms with Crippen molar-refractivity contribution < 1.29 is 4.57 Å². The minimum atomic E-state index is -0.202. The molecule has 0 saturated carbocycles. The largest absolute Gasteiger partial charge is 0.205 e. The summed E-state index contributed by atoms with van der Waals surface area (Å²) >= 11 is 11.5. The van der Waals surface area contributed by atoms with Crippen LogP contribution >= 0.6 is 23.6 Å². The van der Waals surface area contributed by atoms with Crippen molar-refractivity contribution in [2.75, 3.05) is 0 Å². The first kappa shape index (κ1) is 11.8. The Balaban J connectivity index is 2.49. The fourth-order valence-electron chi connectivity index (χ4n) is 1.07. The molecule has 0 aromatic carbocycles. The molecule has 0 saturated heterocycles. The van der Waals surface area contributed by atoms with Crippen LogP contribution in [0.25, 0.3) is 0 Å². The lowest BCUT2D eigenvalue weighted by Crippen LogP contribution is -2.40. The Bertz CT molecular complexity index is 273. The van der Waals surface area contributed by atoms with Gasteiger partial charge in [-0.2, -0.15) is 0 Å². The normalized spacial score (nSPS) is 12.1. The predicted molar refractivity (Wildman–Crippen MR) is 58.9 cm³/mol. The van der Waals surface area contributed by atoms with E-state index in [1.807, 2.05) is 44.4 Å². The van der Waals surface area contributed by atoms with Crippen molar-refractivity contribution in [1.82, 2.24) is 3.94 Å². The second-order valence-electron chi connectivity index (χ2n) is 3.91. The van der Waals surface area contributed by atoms with Crippen molar-refractivity contribution in [3.63, 3.8) is 0 Å². The molecule has 0 amide bonds. The van der Waals surface area contributed by atoms with Crippen LogP contribution in [0.1, 0.15) is 20.3 Å². The van der Waals surface area contributed by atoms with Gasteiger partial charge in [0.15, 0.2) is 12.4 Å². The van der Waals surface area contributed by atoms with Gasteiger partial charge in [-0.05, 0) is 37.4 Å². The third kappa shape index (κ3) is 3.45. The number of rotatable bonds is 4. The van der Waals surface area contributed by atoms with Crippen LogP contribution < -0.4 is 4.57 Å². The molecular formula is C10H15Cl2N2+. The average molecular weight is 234 g/mol. The Hall–Kier alpha value is -0.310. The molecule has 0 aliphatic carbocycles. The van der Waals surface area contributed by atoms with E-state index < -0.39 is 0 Å². The Labute approximate surface area is 95.3 Å². The fourth-order valence-corrected chi connectivity index (χ4v) is 1.24. The topological polar surface area (TPSA) is 7.12 Å². The van der Waals surface area contributed by atoms with E-state index in [0.717, 1.165) is 13.0 Å². The van der Waals surface area contributed by atoms with Crippen molar-refractivity contribution in [3.8, 4) is 0 Å². The monoisotopic (exact) mass is 233 g/mol. The van der Waals surface area contributed by atoms with Crippen molar-refractivity contribution in [3.05, 3.63) is 30.6 Å². The number of aromatic nitrogens is 1. The number of nitrogens with zero attached hydrogens (tertiary/aromatic N) is 2. The standard InChI is InChI=1S/C10H15Cl2N2/c1-10(2,14(11)12)6-9-13-7-4-3-5-8-13/h3-5,7-8H,6,9H2,1-2H3/q+1. The maximum absolute atomic E-state index is 5.73. The summed E-state index contributed by atoms with van der Waals surface area (Å²) in [6, 6.07) is 6.01. The van der Waals surface area contributed by atoms with Crippen molar-refractivity contribution in [2.45, 2.75) is 32.4 Å². The first-order valence-electron chi connectivity index (χ1n) is 4.58. The van der Waals surface area contributed by atoms with E-state index in [2.05, 4.69) is 4.57 Å². The summed E-state index contributed by atoms with van der Waals surface area (Å²) in [5.41, 5.74) is -0.202. The highest BCUT2D eigenvalue weighted by molar-refractivity contribution is 6.34. The molecule has 0 N–H and O–H groups in total. The molecule has 0 unspecified atom stereocenters. The highest BCUT2D eigenvalue weighted by Gasteiger charge is 2.25. The Morgan fingerprint density at radius 2 is 1.71 bits per heavy atom. The van der Waals surface area contributed by atoms with Crippen LogP contribution in [-0.2, 0) is 6.54 Å². The van der Waals surface area contributed by atoms with Crippen LogP contribution in [0, 0.1) is 0 Å². The van der Waals surface area contributed by atoms with Crippen molar-refractivity contribution in [2.24, 2.45) is 0 Å². The van der Waals surface area contributed by atoms with Crippen molar-refractivity contribution >= 4 is 23.6 Å². The minimum absolute atomic E-state index is 0.202. The van der Waals surface area contributed by atoms with Crippen molar-refractivity contribution in [1.29, 1.82) is 0 Å². The first-order chi connectivity index (χ1) is 6.52. The zero-order chi connectivity index (χ0) is 10.6. The minimum Gasteiger partial charge on any atom is -0.205 e. The molecule has 4 heteroatoms. The second kappa shape index (κ2) is 4.96. The van der Waals surface area contributed by atoms with Gasteiger partial charge in [-0.1, -0.05) is 6.07 Å². The molecule has 0 aliphatic heterocycles. The lowest BCUT2D eigenvalue weighted by molar-refractivity contribution is -0.698. The van der Waals surface area contributed by atoms with Gasteiger partial charge in [0.25, 0.3) is 0 Å². The number of halogens is 2. The predicted octanol–water partition coefficient (Wildman–Crippen LogP) is 2.75. The quantitative estimate of drug-likeness (QED) is 0.574. The summed E-state index contributed by atoms with van der Waals surface area (Å²) in [4.78, 5) is 0. The third-order valence-corrected chi connectivity index (χ3v) is 3.13. The van der Waals surface area contributed by atoms with Crippen LogP contribution in [0.2, 0.25) is 0 Å². The van der Waals surface area contributed by atoms with Crippen LogP contribution in [0.3, 0.4) is 0 Å². The molecule has 14 heavy (non-hydrogen) atoms. The highest BCUT2D eigenvalue weighted by Crippen LogP contribution is 2.22. The van der Waals surface area contributed by atoms with Gasteiger partial charge in [-0.15, -0.1) is 3.94 Å². The lowest BCUT2D eigenvalue weighted by atomic mass is 10.0. The number of pyridine rings is 1. The van der Waals surface area contributed by atoms with E-state index in [4.69, 9.17) is 23.6 Å². The summed E-state index contributed by atoms with van der Waals surface area (Å²) < 4.78 is 3.33. The molecule has 78 valence electrons. The zero-order valence-corrected chi connectivity index (χ0v) is 9.96. The first-order valence-corrected chi connectivity index (χ1v) is 5.26. The van der Waals surface area contributed by atoms with Crippen LogP contribution in [0.15, 0.2) is 30.6 Å². The molecule has 1 aromatic heterocycles.